The summed E-state index contributed by atoms with van der Waals surface area (Å²) in [5.74, 6) is -1.66. The van der Waals surface area contributed by atoms with Crippen molar-refractivity contribution in [2.75, 3.05) is 11.9 Å². The van der Waals surface area contributed by atoms with Crippen molar-refractivity contribution in [2.24, 2.45) is 0 Å². The Bertz CT molecular complexity index is 471. The van der Waals surface area contributed by atoms with Crippen LogP contribution in [0.5, 0.6) is 0 Å². The van der Waals surface area contributed by atoms with Gasteiger partial charge in [0.15, 0.2) is 0 Å². The fourth-order valence-electron chi connectivity index (χ4n) is 2.68. The maximum Gasteiger partial charge on any atom is 0.225 e. The van der Waals surface area contributed by atoms with Gasteiger partial charge < -0.3 is 10.6 Å². The number of carbonyl (C=O) groups is 1. The Morgan fingerprint density at radius 3 is 2.52 bits per heavy atom. The van der Waals surface area contributed by atoms with Gasteiger partial charge in [0.05, 0.1) is 5.69 Å². The number of benzene rings is 1. The molecule has 0 radical (unpaired) electrons. The maximum atomic E-state index is 13.4. The highest BCUT2D eigenvalue weighted by molar-refractivity contribution is 5.90. The van der Waals surface area contributed by atoms with Crippen LogP contribution in [0.1, 0.15) is 44.9 Å². The van der Waals surface area contributed by atoms with Crippen LogP contribution in [0.25, 0.3) is 0 Å². The average Bonchev–Trinajstić information content (AvgIpc) is 2.71. The normalized spacial score (nSPS) is 16.5. The predicted octanol–water partition coefficient (Wildman–Crippen LogP) is 3.61. The molecule has 1 aromatic rings. The Balaban J connectivity index is 1.71. The SMILES string of the molecule is O=C(CCNC1CCCCCC1)Nc1ccc(F)cc1F. The Morgan fingerprint density at radius 1 is 1.14 bits per heavy atom. The second-order valence-electron chi connectivity index (χ2n) is 5.56. The third-order valence-corrected chi connectivity index (χ3v) is 3.85. The van der Waals surface area contributed by atoms with Gasteiger partial charge in [-0.1, -0.05) is 25.7 Å². The van der Waals surface area contributed by atoms with Gasteiger partial charge in [-0.2, -0.15) is 0 Å². The zero-order valence-electron chi connectivity index (χ0n) is 12.1. The second kappa shape index (κ2) is 8.08. The molecule has 0 unspecified atom stereocenters. The molecule has 2 rings (SSSR count). The minimum Gasteiger partial charge on any atom is -0.324 e. The third kappa shape index (κ3) is 5.42. The Morgan fingerprint density at radius 2 is 1.86 bits per heavy atom. The molecule has 0 heterocycles. The molecule has 0 atom stereocenters. The number of rotatable bonds is 5. The molecule has 1 aliphatic rings. The second-order valence-corrected chi connectivity index (χ2v) is 5.56. The highest BCUT2D eigenvalue weighted by Crippen LogP contribution is 2.17. The smallest absolute Gasteiger partial charge is 0.225 e. The van der Waals surface area contributed by atoms with E-state index in [-0.39, 0.29) is 18.0 Å². The van der Waals surface area contributed by atoms with Crippen LogP contribution in [-0.2, 0) is 4.79 Å². The van der Waals surface area contributed by atoms with E-state index in [4.69, 9.17) is 0 Å². The summed E-state index contributed by atoms with van der Waals surface area (Å²) >= 11 is 0. The first-order chi connectivity index (χ1) is 10.1. The van der Waals surface area contributed by atoms with Gasteiger partial charge in [-0.15, -0.1) is 0 Å². The third-order valence-electron chi connectivity index (χ3n) is 3.85. The van der Waals surface area contributed by atoms with Crippen LogP contribution in [-0.4, -0.2) is 18.5 Å². The quantitative estimate of drug-likeness (QED) is 0.815. The lowest BCUT2D eigenvalue weighted by atomic mass is 10.1. The lowest BCUT2D eigenvalue weighted by molar-refractivity contribution is -0.116. The first-order valence-corrected chi connectivity index (χ1v) is 7.63. The largest absolute Gasteiger partial charge is 0.324 e. The molecular weight excluding hydrogens is 274 g/mol. The monoisotopic (exact) mass is 296 g/mol. The molecule has 3 nitrogen and oxygen atoms in total. The van der Waals surface area contributed by atoms with E-state index in [0.29, 0.717) is 12.6 Å². The molecular formula is C16H22F2N2O. The molecule has 21 heavy (non-hydrogen) atoms. The van der Waals surface area contributed by atoms with E-state index in [1.807, 2.05) is 0 Å². The molecule has 0 aliphatic heterocycles. The zero-order valence-corrected chi connectivity index (χ0v) is 12.1. The fraction of sp³-hybridized carbons (Fsp3) is 0.562. The number of carbonyl (C=O) groups excluding carboxylic acids is 1. The molecule has 1 aliphatic carbocycles. The molecule has 0 bridgehead atoms. The molecule has 1 fully saturated rings. The summed E-state index contributed by atoms with van der Waals surface area (Å²) in [6.07, 6.45) is 7.68. The van der Waals surface area contributed by atoms with Gasteiger partial charge in [-0.25, -0.2) is 8.78 Å². The van der Waals surface area contributed by atoms with Crippen LogP contribution in [0.15, 0.2) is 18.2 Å². The van der Waals surface area contributed by atoms with Crippen LogP contribution in [0.2, 0.25) is 0 Å². The van der Waals surface area contributed by atoms with E-state index in [1.165, 1.54) is 31.7 Å². The lowest BCUT2D eigenvalue weighted by Gasteiger charge is -2.15. The van der Waals surface area contributed by atoms with E-state index < -0.39 is 11.6 Å². The minimum absolute atomic E-state index is 0.0240. The summed E-state index contributed by atoms with van der Waals surface area (Å²) in [6.45, 7) is 0.583. The Labute approximate surface area is 124 Å². The number of halogens is 2. The van der Waals surface area contributed by atoms with Crippen molar-refractivity contribution in [3.63, 3.8) is 0 Å². The summed E-state index contributed by atoms with van der Waals surface area (Å²) in [4.78, 5) is 11.7. The molecule has 1 amide bonds. The van der Waals surface area contributed by atoms with Crippen molar-refractivity contribution in [1.82, 2.24) is 5.32 Å². The summed E-state index contributed by atoms with van der Waals surface area (Å²) in [7, 11) is 0. The zero-order chi connectivity index (χ0) is 15.1. The molecule has 1 saturated carbocycles. The number of amides is 1. The van der Waals surface area contributed by atoms with Crippen molar-refractivity contribution in [3.8, 4) is 0 Å². The summed E-state index contributed by atoms with van der Waals surface area (Å²) < 4.78 is 26.2. The predicted molar refractivity (Wildman–Crippen MR) is 79.1 cm³/mol. The summed E-state index contributed by atoms with van der Waals surface area (Å²) in [5, 5.41) is 5.85. The highest BCUT2D eigenvalue weighted by Gasteiger charge is 2.12. The highest BCUT2D eigenvalue weighted by atomic mass is 19.1. The Hall–Kier alpha value is -1.49. The maximum absolute atomic E-state index is 13.4. The van der Waals surface area contributed by atoms with E-state index in [1.54, 1.807) is 0 Å². The minimum atomic E-state index is -0.750. The van der Waals surface area contributed by atoms with Gasteiger partial charge in [0.1, 0.15) is 11.6 Å². The van der Waals surface area contributed by atoms with Crippen molar-refractivity contribution >= 4 is 11.6 Å². The van der Waals surface area contributed by atoms with Crippen LogP contribution in [0, 0.1) is 11.6 Å². The molecule has 0 spiro atoms. The van der Waals surface area contributed by atoms with Gasteiger partial charge in [-0.05, 0) is 25.0 Å². The van der Waals surface area contributed by atoms with Gasteiger partial charge >= 0.3 is 0 Å². The van der Waals surface area contributed by atoms with Gasteiger partial charge in [-0.3, -0.25) is 4.79 Å². The first-order valence-electron chi connectivity index (χ1n) is 7.63. The van der Waals surface area contributed by atoms with E-state index in [2.05, 4.69) is 10.6 Å². The van der Waals surface area contributed by atoms with Crippen molar-refractivity contribution in [3.05, 3.63) is 29.8 Å². The number of hydrogen-bond acceptors (Lipinski definition) is 2. The number of hydrogen-bond donors (Lipinski definition) is 2. The molecule has 2 N–H and O–H groups in total. The van der Waals surface area contributed by atoms with Gasteiger partial charge in [0.25, 0.3) is 0 Å². The van der Waals surface area contributed by atoms with Crippen LogP contribution >= 0.6 is 0 Å². The van der Waals surface area contributed by atoms with E-state index in [0.717, 1.165) is 25.0 Å². The topological polar surface area (TPSA) is 41.1 Å². The lowest BCUT2D eigenvalue weighted by Crippen LogP contribution is -2.31. The van der Waals surface area contributed by atoms with E-state index in [9.17, 15) is 13.6 Å². The molecule has 5 heteroatoms. The fourth-order valence-corrected chi connectivity index (χ4v) is 2.68. The molecule has 1 aromatic carbocycles. The van der Waals surface area contributed by atoms with Crippen LogP contribution in [0.4, 0.5) is 14.5 Å². The van der Waals surface area contributed by atoms with Crippen LogP contribution in [0.3, 0.4) is 0 Å². The summed E-state index contributed by atoms with van der Waals surface area (Å²) in [6, 6.07) is 3.62. The van der Waals surface area contributed by atoms with Crippen molar-refractivity contribution in [1.29, 1.82) is 0 Å². The number of nitrogens with one attached hydrogen (secondary N) is 2. The average molecular weight is 296 g/mol. The van der Waals surface area contributed by atoms with E-state index >= 15 is 0 Å². The molecule has 0 saturated heterocycles. The summed E-state index contributed by atoms with van der Waals surface area (Å²) in [5.41, 5.74) is 0.0240. The number of anilines is 1. The van der Waals surface area contributed by atoms with Crippen LogP contribution < -0.4 is 10.6 Å². The Kier molecular flexibility index (Phi) is 6.11. The van der Waals surface area contributed by atoms with Gasteiger partial charge in [0, 0.05) is 25.1 Å². The van der Waals surface area contributed by atoms with Crippen molar-refractivity contribution in [2.45, 2.75) is 51.0 Å². The van der Waals surface area contributed by atoms with Gasteiger partial charge in [0.2, 0.25) is 5.91 Å². The standard InChI is InChI=1S/C16H22F2N2O/c17-12-7-8-15(14(18)11-12)20-16(21)9-10-19-13-5-3-1-2-4-6-13/h7-8,11,13,19H,1-6,9-10H2,(H,20,21). The molecule has 116 valence electrons. The van der Waals surface area contributed by atoms with Crippen molar-refractivity contribution < 1.29 is 13.6 Å². The first kappa shape index (κ1) is 15.9. The molecule has 0 aromatic heterocycles.